The lowest BCUT2D eigenvalue weighted by molar-refractivity contribution is -0.142. The fourth-order valence-electron chi connectivity index (χ4n) is 6.74. The largest absolute Gasteiger partial charge is 0.481 e. The molecule has 74 heavy (non-hydrogen) atoms. The molecule has 1 atom stereocenters. The van der Waals surface area contributed by atoms with Crippen molar-refractivity contribution < 1.29 is 86.5 Å². The van der Waals surface area contributed by atoms with Crippen LogP contribution in [0.15, 0.2) is 0 Å². The number of aliphatic carboxylic acids is 2. The Balaban J connectivity index is 3.58. The Morgan fingerprint density at radius 3 is 0.959 bits per heavy atom. The molecule has 0 unspecified atom stereocenters. The van der Waals surface area contributed by atoms with Gasteiger partial charge in [0.05, 0.1) is 79.3 Å². The van der Waals surface area contributed by atoms with E-state index in [0.717, 1.165) is 38.5 Å². The van der Waals surface area contributed by atoms with Gasteiger partial charge in [0.15, 0.2) is 0 Å². The van der Waals surface area contributed by atoms with Gasteiger partial charge in [-0.3, -0.25) is 33.6 Å². The SMILES string of the molecule is CNC(=O)COCCOCCNC(=O)COCCOCCNC(=O)COCCOCCNC(=O)COCCOCCNC(=O)CC[C@H](NC(=O)CCCCCCCCCCCCCCCCCCC(=O)O)C(=O)O. The number of carboxylic acids is 2. The van der Waals surface area contributed by atoms with Crippen molar-refractivity contribution in [1.82, 2.24) is 31.9 Å². The van der Waals surface area contributed by atoms with E-state index in [1.165, 1.54) is 64.8 Å². The minimum Gasteiger partial charge on any atom is -0.481 e. The highest BCUT2D eigenvalue weighted by molar-refractivity contribution is 5.84. The number of hydrogen-bond acceptors (Lipinski definition) is 16. The van der Waals surface area contributed by atoms with Crippen LogP contribution in [0.3, 0.4) is 0 Å². The molecule has 8 N–H and O–H groups in total. The fraction of sp³-hybridized carbons (Fsp3) is 0.840. The zero-order chi connectivity index (χ0) is 54.4. The average molecular weight is 1070 g/mol. The molecular weight excluding hydrogens is 973 g/mol. The Hall–Kier alpha value is -4.56. The van der Waals surface area contributed by atoms with Gasteiger partial charge in [-0.05, 0) is 19.3 Å². The van der Waals surface area contributed by atoms with E-state index >= 15 is 0 Å². The predicted octanol–water partition coefficient (Wildman–Crippen LogP) is 1.79. The molecule has 0 aromatic rings. The second-order valence-electron chi connectivity index (χ2n) is 17.3. The topological polar surface area (TPSA) is 323 Å². The zero-order valence-corrected chi connectivity index (χ0v) is 44.3. The van der Waals surface area contributed by atoms with Crippen LogP contribution in [0.25, 0.3) is 0 Å². The smallest absolute Gasteiger partial charge is 0.326 e. The van der Waals surface area contributed by atoms with Crippen molar-refractivity contribution in [3.05, 3.63) is 0 Å². The Bertz CT molecular complexity index is 1460. The molecule has 0 saturated heterocycles. The van der Waals surface area contributed by atoms with Gasteiger partial charge in [-0.1, -0.05) is 89.9 Å². The second kappa shape index (κ2) is 53.3. The van der Waals surface area contributed by atoms with Gasteiger partial charge in [-0.15, -0.1) is 0 Å². The van der Waals surface area contributed by atoms with Gasteiger partial charge in [0.25, 0.3) is 0 Å². The lowest BCUT2D eigenvalue weighted by atomic mass is 10.0. The molecule has 0 saturated carbocycles. The highest BCUT2D eigenvalue weighted by Gasteiger charge is 2.21. The van der Waals surface area contributed by atoms with E-state index < -0.39 is 18.0 Å². The maximum Gasteiger partial charge on any atom is 0.326 e. The molecule has 0 fully saturated rings. The number of rotatable bonds is 56. The van der Waals surface area contributed by atoms with Crippen molar-refractivity contribution in [2.75, 3.05) is 139 Å². The Morgan fingerprint density at radius 2 is 0.635 bits per heavy atom. The fourth-order valence-corrected chi connectivity index (χ4v) is 6.74. The summed E-state index contributed by atoms with van der Waals surface area (Å²) >= 11 is 0. The predicted molar refractivity (Wildman–Crippen MR) is 272 cm³/mol. The van der Waals surface area contributed by atoms with Gasteiger partial charge in [-0.25, -0.2) is 4.79 Å². The summed E-state index contributed by atoms with van der Waals surface area (Å²) in [4.78, 5) is 93.5. The zero-order valence-electron chi connectivity index (χ0n) is 44.3. The number of likely N-dealkylation sites (N-methyl/N-ethyl adjacent to an activating group) is 1. The molecule has 430 valence electrons. The number of carboxylic acid groups (broad SMARTS) is 2. The van der Waals surface area contributed by atoms with E-state index in [4.69, 9.17) is 43.0 Å². The quantitative estimate of drug-likeness (QED) is 0.0403. The Morgan fingerprint density at radius 1 is 0.338 bits per heavy atom. The molecule has 6 amide bonds. The number of carbonyl (C=O) groups excluding carboxylic acids is 6. The van der Waals surface area contributed by atoms with Gasteiger partial charge in [0.2, 0.25) is 35.4 Å². The van der Waals surface area contributed by atoms with Crippen LogP contribution in [0.2, 0.25) is 0 Å². The summed E-state index contributed by atoms with van der Waals surface area (Å²) in [5.41, 5.74) is 0. The highest BCUT2D eigenvalue weighted by Crippen LogP contribution is 2.14. The first-order valence-corrected chi connectivity index (χ1v) is 26.6. The highest BCUT2D eigenvalue weighted by atomic mass is 16.5. The Labute approximate surface area is 438 Å². The summed E-state index contributed by atoms with van der Waals surface area (Å²) < 4.78 is 42.4. The second-order valence-corrected chi connectivity index (χ2v) is 17.3. The van der Waals surface area contributed by atoms with Crippen molar-refractivity contribution in [3.63, 3.8) is 0 Å². The molecule has 0 aliphatic rings. The number of unbranched alkanes of at least 4 members (excludes halogenated alkanes) is 15. The van der Waals surface area contributed by atoms with Crippen molar-refractivity contribution in [3.8, 4) is 0 Å². The first kappa shape index (κ1) is 69.4. The van der Waals surface area contributed by atoms with Crippen molar-refractivity contribution in [2.24, 2.45) is 0 Å². The molecule has 0 aliphatic carbocycles. The summed E-state index contributed by atoms with van der Waals surface area (Å²) in [6, 6.07) is -1.15. The van der Waals surface area contributed by atoms with Crippen molar-refractivity contribution in [2.45, 2.75) is 134 Å². The summed E-state index contributed by atoms with van der Waals surface area (Å²) in [6.45, 7) is 3.24. The monoisotopic (exact) mass is 1060 g/mol. The van der Waals surface area contributed by atoms with E-state index in [0.29, 0.717) is 26.2 Å². The minimum atomic E-state index is -1.19. The van der Waals surface area contributed by atoms with Crippen LogP contribution in [-0.4, -0.2) is 203 Å². The molecule has 0 bridgehead atoms. The molecule has 0 heterocycles. The number of nitrogens with one attached hydrogen (secondary N) is 6. The number of carbonyl (C=O) groups is 8. The first-order valence-electron chi connectivity index (χ1n) is 26.6. The standard InChI is InChI=1S/C50H92N6O18/c1-51-45(59)38-71-34-30-68-27-23-53-47(61)40-73-36-32-70-29-25-55-48(62)41-74-37-33-69-28-24-54-46(60)39-72-35-31-67-26-22-52-43(57)21-20-42(50(65)66)56-44(58)18-16-14-12-10-8-6-4-2-3-5-7-9-11-13-15-17-19-49(63)64/h42H,2-41H2,1H3,(H,51,59)(H,52,57)(H,53,61)(H,54,60)(H,55,62)(H,56,58)(H,63,64)(H,65,66)/t42-/m0/s1. The molecule has 0 aromatic heterocycles. The van der Waals surface area contributed by atoms with Crippen LogP contribution in [0.5, 0.6) is 0 Å². The van der Waals surface area contributed by atoms with E-state index in [-0.39, 0.29) is 173 Å². The average Bonchev–Trinajstić information content (AvgIpc) is 3.37. The molecule has 24 heteroatoms. The Kier molecular flexibility index (Phi) is 50.0. The summed E-state index contributed by atoms with van der Waals surface area (Å²) in [7, 11) is 1.52. The van der Waals surface area contributed by atoms with Crippen LogP contribution in [0.4, 0.5) is 0 Å². The van der Waals surface area contributed by atoms with Gasteiger partial charge in [0.1, 0.15) is 32.5 Å². The van der Waals surface area contributed by atoms with Crippen molar-refractivity contribution >= 4 is 47.4 Å². The van der Waals surface area contributed by atoms with Crippen LogP contribution >= 0.6 is 0 Å². The minimum absolute atomic E-state index is 0.0331. The van der Waals surface area contributed by atoms with E-state index in [1.807, 2.05) is 0 Å². The normalized spacial score (nSPS) is 11.4. The van der Waals surface area contributed by atoms with E-state index in [1.54, 1.807) is 0 Å². The maximum atomic E-state index is 12.4. The van der Waals surface area contributed by atoms with Gasteiger partial charge < -0.3 is 80.0 Å². The number of ether oxygens (including phenoxy) is 8. The van der Waals surface area contributed by atoms with E-state index in [9.17, 15) is 43.5 Å². The first-order chi connectivity index (χ1) is 35.9. The van der Waals surface area contributed by atoms with Gasteiger partial charge in [-0.2, -0.15) is 0 Å². The third kappa shape index (κ3) is 52.3. The molecule has 0 aliphatic heterocycles. The lowest BCUT2D eigenvalue weighted by Gasteiger charge is -2.14. The molecule has 0 aromatic carbocycles. The lowest BCUT2D eigenvalue weighted by Crippen LogP contribution is -2.41. The van der Waals surface area contributed by atoms with Crippen LogP contribution in [-0.2, 0) is 76.3 Å². The molecular formula is C50H92N6O18. The summed E-state index contributed by atoms with van der Waals surface area (Å²) in [6.07, 6.45) is 18.2. The third-order valence-corrected chi connectivity index (χ3v) is 10.8. The van der Waals surface area contributed by atoms with Crippen LogP contribution < -0.4 is 31.9 Å². The summed E-state index contributed by atoms with van der Waals surface area (Å²) in [5, 5.41) is 33.8. The maximum absolute atomic E-state index is 12.4. The molecule has 0 radical (unpaired) electrons. The van der Waals surface area contributed by atoms with Crippen LogP contribution in [0, 0.1) is 0 Å². The number of hydrogen-bond donors (Lipinski definition) is 8. The van der Waals surface area contributed by atoms with Gasteiger partial charge in [0, 0.05) is 52.5 Å². The molecule has 24 nitrogen and oxygen atoms in total. The third-order valence-electron chi connectivity index (χ3n) is 10.8. The number of amides is 6. The summed E-state index contributed by atoms with van der Waals surface area (Å²) in [5.74, 6) is -3.76. The molecule has 0 rings (SSSR count). The van der Waals surface area contributed by atoms with Gasteiger partial charge >= 0.3 is 11.9 Å². The van der Waals surface area contributed by atoms with Crippen molar-refractivity contribution in [1.29, 1.82) is 0 Å². The van der Waals surface area contributed by atoms with Crippen LogP contribution in [0.1, 0.15) is 128 Å². The van der Waals surface area contributed by atoms with E-state index in [2.05, 4.69) is 31.9 Å². The molecule has 0 spiro atoms.